The molecule has 0 unspecified atom stereocenters. The van der Waals surface area contributed by atoms with Crippen LogP contribution in [0, 0.1) is 0 Å². The lowest BCUT2D eigenvalue weighted by atomic mass is 10.2. The van der Waals surface area contributed by atoms with E-state index in [1.807, 2.05) is 19.1 Å². The second-order valence-corrected chi connectivity index (χ2v) is 2.99. The van der Waals surface area contributed by atoms with Gasteiger partial charge in [0.15, 0.2) is 0 Å². The number of hydrogen-bond donors (Lipinski definition) is 2. The molecule has 0 aromatic carbocycles. The molecule has 6 heteroatoms. The van der Waals surface area contributed by atoms with Crippen molar-refractivity contribution < 1.29 is 0 Å². The van der Waals surface area contributed by atoms with Gasteiger partial charge in [0.05, 0.1) is 0 Å². The second-order valence-electron chi connectivity index (χ2n) is 2.99. The number of rotatable bonds is 3. The molecule has 1 aromatic heterocycles. The summed E-state index contributed by atoms with van der Waals surface area (Å²) in [6.45, 7) is 1.96. The average molecular weight is 251 g/mol. The summed E-state index contributed by atoms with van der Waals surface area (Å²) in [5.41, 5.74) is 11.9. The van der Waals surface area contributed by atoms with E-state index in [2.05, 4.69) is 9.97 Å². The normalized spacial score (nSPS) is 11.6. The van der Waals surface area contributed by atoms with Crippen LogP contribution in [0.2, 0.25) is 0 Å². The molecule has 1 atom stereocenters. The third-order valence-corrected chi connectivity index (χ3v) is 1.51. The Bertz CT molecular complexity index is 285. The second kappa shape index (κ2) is 8.47. The maximum absolute atomic E-state index is 5.58. The lowest BCUT2D eigenvalue weighted by molar-refractivity contribution is 0.759. The van der Waals surface area contributed by atoms with Crippen molar-refractivity contribution in [1.29, 1.82) is 0 Å². The first-order valence-electron chi connectivity index (χ1n) is 4.18. The summed E-state index contributed by atoms with van der Waals surface area (Å²) in [6, 6.07) is 0.186. The molecule has 1 heterocycles. The molecule has 1 rings (SSSR count). The Labute approximate surface area is 102 Å². The quantitative estimate of drug-likeness (QED) is 0.856. The highest BCUT2D eigenvalue weighted by atomic mass is 35.5. The Hall–Kier alpha value is -0.840. The predicted octanol–water partition coefficient (Wildman–Crippen LogP) is 1.65. The van der Waals surface area contributed by atoms with Gasteiger partial charge < -0.3 is 11.5 Å². The molecule has 0 aliphatic rings. The molecule has 0 saturated carbocycles. The maximum atomic E-state index is 5.58. The lowest BCUT2D eigenvalue weighted by Gasteiger charge is -1.97. The lowest BCUT2D eigenvalue weighted by Crippen LogP contribution is -2.12. The van der Waals surface area contributed by atoms with E-state index >= 15 is 0 Å². The SMILES string of the molecule is C[C@H](N)C/C=C/c1cnc(N)nc1.Cl.Cl. The molecule has 0 aliphatic heterocycles. The van der Waals surface area contributed by atoms with Crippen LogP contribution in [0.3, 0.4) is 0 Å². The molecular formula is C9H16Cl2N4. The Balaban J connectivity index is 0. The van der Waals surface area contributed by atoms with Crippen LogP contribution < -0.4 is 11.5 Å². The molecule has 0 fully saturated rings. The number of anilines is 1. The molecule has 0 spiro atoms. The van der Waals surface area contributed by atoms with Gasteiger partial charge in [0.25, 0.3) is 0 Å². The summed E-state index contributed by atoms with van der Waals surface area (Å²) in [5.74, 6) is 0.296. The van der Waals surface area contributed by atoms with Crippen molar-refractivity contribution in [1.82, 2.24) is 9.97 Å². The smallest absolute Gasteiger partial charge is 0.219 e. The van der Waals surface area contributed by atoms with Gasteiger partial charge in [-0.15, -0.1) is 24.8 Å². The van der Waals surface area contributed by atoms with E-state index in [0.29, 0.717) is 5.95 Å². The van der Waals surface area contributed by atoms with Gasteiger partial charge in [0.1, 0.15) is 0 Å². The van der Waals surface area contributed by atoms with Gasteiger partial charge in [0, 0.05) is 24.0 Å². The van der Waals surface area contributed by atoms with Gasteiger partial charge in [-0.3, -0.25) is 0 Å². The number of nitrogens with zero attached hydrogens (tertiary/aromatic N) is 2. The van der Waals surface area contributed by atoms with Crippen molar-refractivity contribution >= 4 is 36.8 Å². The van der Waals surface area contributed by atoms with Crippen LogP contribution in [0.5, 0.6) is 0 Å². The predicted molar refractivity (Wildman–Crippen MR) is 68.2 cm³/mol. The largest absolute Gasteiger partial charge is 0.368 e. The van der Waals surface area contributed by atoms with E-state index in [-0.39, 0.29) is 30.9 Å². The van der Waals surface area contributed by atoms with Gasteiger partial charge in [-0.05, 0) is 13.3 Å². The minimum absolute atomic E-state index is 0. The van der Waals surface area contributed by atoms with Gasteiger partial charge in [-0.2, -0.15) is 0 Å². The Kier molecular flexibility index (Phi) is 9.36. The Morgan fingerprint density at radius 1 is 1.33 bits per heavy atom. The number of halogens is 2. The minimum Gasteiger partial charge on any atom is -0.368 e. The zero-order valence-corrected chi connectivity index (χ0v) is 10.1. The van der Waals surface area contributed by atoms with Crippen LogP contribution in [0.25, 0.3) is 6.08 Å². The van der Waals surface area contributed by atoms with Crippen molar-refractivity contribution in [3.63, 3.8) is 0 Å². The first-order chi connectivity index (χ1) is 6.18. The van der Waals surface area contributed by atoms with Gasteiger partial charge >= 0.3 is 0 Å². The number of nitrogens with two attached hydrogens (primary N) is 2. The fourth-order valence-electron chi connectivity index (χ4n) is 0.853. The zero-order chi connectivity index (χ0) is 9.68. The standard InChI is InChI=1S/C9H14N4.2ClH/c1-7(10)3-2-4-8-5-12-9(11)13-6-8;;/h2,4-7H,3,10H2,1H3,(H2,11,12,13);2*1H/b4-2+;;/t7-;;/m0../s1. The molecule has 0 bridgehead atoms. The third kappa shape index (κ3) is 7.13. The van der Waals surface area contributed by atoms with Gasteiger partial charge in [0.2, 0.25) is 5.95 Å². The van der Waals surface area contributed by atoms with E-state index in [9.17, 15) is 0 Å². The summed E-state index contributed by atoms with van der Waals surface area (Å²) < 4.78 is 0. The summed E-state index contributed by atoms with van der Waals surface area (Å²) in [7, 11) is 0. The van der Waals surface area contributed by atoms with Crippen LogP contribution in [0.15, 0.2) is 18.5 Å². The van der Waals surface area contributed by atoms with Crippen molar-refractivity contribution in [2.24, 2.45) is 5.73 Å². The summed E-state index contributed by atoms with van der Waals surface area (Å²) in [5, 5.41) is 0. The highest BCUT2D eigenvalue weighted by molar-refractivity contribution is 5.85. The van der Waals surface area contributed by atoms with Crippen LogP contribution in [0.1, 0.15) is 18.9 Å². The van der Waals surface area contributed by atoms with Crippen molar-refractivity contribution in [3.8, 4) is 0 Å². The summed E-state index contributed by atoms with van der Waals surface area (Å²) in [4.78, 5) is 7.72. The molecule has 0 radical (unpaired) electrons. The monoisotopic (exact) mass is 250 g/mol. The van der Waals surface area contributed by atoms with Crippen molar-refractivity contribution in [2.45, 2.75) is 19.4 Å². The molecule has 86 valence electrons. The molecule has 1 aromatic rings. The minimum atomic E-state index is 0. The van der Waals surface area contributed by atoms with E-state index in [4.69, 9.17) is 11.5 Å². The molecule has 15 heavy (non-hydrogen) atoms. The van der Waals surface area contributed by atoms with Crippen LogP contribution in [0.4, 0.5) is 5.95 Å². The van der Waals surface area contributed by atoms with E-state index < -0.39 is 0 Å². The average Bonchev–Trinajstić information content (AvgIpc) is 2.08. The Morgan fingerprint density at radius 2 is 1.87 bits per heavy atom. The number of aromatic nitrogens is 2. The molecule has 0 amide bonds. The topological polar surface area (TPSA) is 77.8 Å². The summed E-state index contributed by atoms with van der Waals surface area (Å²) in [6.07, 6.45) is 8.15. The zero-order valence-electron chi connectivity index (χ0n) is 8.46. The fourth-order valence-corrected chi connectivity index (χ4v) is 0.853. The van der Waals surface area contributed by atoms with E-state index in [1.54, 1.807) is 12.4 Å². The number of hydrogen-bond acceptors (Lipinski definition) is 4. The molecular weight excluding hydrogens is 235 g/mol. The van der Waals surface area contributed by atoms with Crippen LogP contribution in [-0.2, 0) is 0 Å². The first-order valence-corrected chi connectivity index (χ1v) is 4.18. The molecule has 0 saturated heterocycles. The highest BCUT2D eigenvalue weighted by Gasteiger charge is 1.90. The van der Waals surface area contributed by atoms with Crippen molar-refractivity contribution in [3.05, 3.63) is 24.0 Å². The fraction of sp³-hybridized carbons (Fsp3) is 0.333. The molecule has 4 nitrogen and oxygen atoms in total. The Morgan fingerprint density at radius 3 is 2.33 bits per heavy atom. The highest BCUT2D eigenvalue weighted by Crippen LogP contribution is 2.01. The van der Waals surface area contributed by atoms with E-state index in [0.717, 1.165) is 12.0 Å². The molecule has 0 aliphatic carbocycles. The summed E-state index contributed by atoms with van der Waals surface area (Å²) >= 11 is 0. The first kappa shape index (κ1) is 16.6. The van der Waals surface area contributed by atoms with E-state index in [1.165, 1.54) is 0 Å². The van der Waals surface area contributed by atoms with Crippen LogP contribution in [-0.4, -0.2) is 16.0 Å². The van der Waals surface area contributed by atoms with Crippen molar-refractivity contribution in [2.75, 3.05) is 5.73 Å². The third-order valence-electron chi connectivity index (χ3n) is 1.51. The van der Waals surface area contributed by atoms with Gasteiger partial charge in [-0.1, -0.05) is 12.2 Å². The van der Waals surface area contributed by atoms with Crippen LogP contribution >= 0.6 is 24.8 Å². The molecule has 4 N–H and O–H groups in total. The maximum Gasteiger partial charge on any atom is 0.219 e. The number of nitrogen functional groups attached to an aromatic ring is 1. The van der Waals surface area contributed by atoms with Gasteiger partial charge in [-0.25, -0.2) is 9.97 Å².